The van der Waals surface area contributed by atoms with Gasteiger partial charge in [0.25, 0.3) is 0 Å². The van der Waals surface area contributed by atoms with Crippen LogP contribution in [0.1, 0.15) is 20.8 Å². The maximum Gasteiger partial charge on any atom is 0.318 e. The molecule has 0 atom stereocenters. The van der Waals surface area contributed by atoms with Gasteiger partial charge in [-0.05, 0) is 32.9 Å². The summed E-state index contributed by atoms with van der Waals surface area (Å²) in [6.07, 6.45) is 0. The van der Waals surface area contributed by atoms with Crippen LogP contribution in [-0.2, 0) is 26.2 Å². The third-order valence-electron chi connectivity index (χ3n) is 2.84. The first kappa shape index (κ1) is 15.8. The number of benzene rings is 1. The lowest BCUT2D eigenvalue weighted by molar-refractivity contribution is -0.138. The molecular weight excluding hydrogens is 314 g/mol. The summed E-state index contributed by atoms with van der Waals surface area (Å²) < 4.78 is 34.6. The van der Waals surface area contributed by atoms with Gasteiger partial charge in [-0.1, -0.05) is 6.07 Å². The Labute approximate surface area is 126 Å². The number of hydrogen-bond donors (Lipinski definition) is 1. The molecule has 0 bridgehead atoms. The van der Waals surface area contributed by atoms with Gasteiger partial charge in [-0.15, -0.1) is 0 Å². The molecule has 0 aliphatic carbocycles. The quantitative estimate of drug-likeness (QED) is 0.930. The second-order valence-corrected chi connectivity index (χ2v) is 7.82. The largest absolute Gasteiger partial charge is 0.480 e. The highest BCUT2D eigenvalue weighted by Gasteiger charge is 2.37. The average Bonchev–Trinajstić information content (AvgIpc) is 2.81. The Balaban J connectivity index is 2.58. The minimum Gasteiger partial charge on any atom is -0.480 e. The number of carbonyl (C=O) groups is 1. The third kappa shape index (κ3) is 3.04. The minimum atomic E-state index is -3.99. The van der Waals surface area contributed by atoms with E-state index >= 15 is 0 Å². The molecule has 0 saturated carbocycles. The van der Waals surface area contributed by atoms with E-state index in [4.69, 9.17) is 5.11 Å². The van der Waals surface area contributed by atoms with Crippen LogP contribution in [0.4, 0.5) is 11.4 Å². The van der Waals surface area contributed by atoms with E-state index in [1.807, 2.05) is 0 Å². The topological polar surface area (TPSA) is 99.4 Å². The number of sulfonamides is 1. The normalized spacial score (nSPS) is 14.1. The monoisotopic (exact) mass is 329 g/mol. The van der Waals surface area contributed by atoms with E-state index in [9.17, 15) is 13.2 Å². The van der Waals surface area contributed by atoms with Crippen LogP contribution in [0.5, 0.6) is 0 Å². The zero-order chi connectivity index (χ0) is 15.8. The van der Waals surface area contributed by atoms with Crippen LogP contribution in [0.25, 0.3) is 0 Å². The summed E-state index contributed by atoms with van der Waals surface area (Å²) in [5.41, 5.74) is -0.129. The van der Waals surface area contributed by atoms with Gasteiger partial charge < -0.3 is 5.11 Å². The summed E-state index contributed by atoms with van der Waals surface area (Å²) in [7, 11) is -3.99. The SMILES string of the molecule is CC(C)(C)N(CC(=O)O)S(=O)(=O)c1cccc2c1N=S=N2. The van der Waals surface area contributed by atoms with Crippen molar-refractivity contribution in [3.8, 4) is 0 Å². The minimum absolute atomic E-state index is 0.0232. The average molecular weight is 329 g/mol. The molecule has 0 saturated heterocycles. The Bertz CT molecular complexity index is 759. The molecular formula is C12H15N3O4S2. The molecule has 1 aliphatic heterocycles. The molecule has 0 unspecified atom stereocenters. The zero-order valence-corrected chi connectivity index (χ0v) is 13.4. The first-order valence-corrected chi connectivity index (χ1v) is 8.27. The fraction of sp³-hybridized carbons (Fsp3) is 0.417. The van der Waals surface area contributed by atoms with E-state index in [-0.39, 0.29) is 10.6 Å². The van der Waals surface area contributed by atoms with Crippen LogP contribution in [-0.4, -0.2) is 35.9 Å². The molecule has 1 aromatic rings. The van der Waals surface area contributed by atoms with Gasteiger partial charge in [0.05, 0.1) is 11.4 Å². The van der Waals surface area contributed by atoms with Gasteiger partial charge in [0, 0.05) is 5.54 Å². The van der Waals surface area contributed by atoms with Gasteiger partial charge in [0.15, 0.2) is 0 Å². The van der Waals surface area contributed by atoms with E-state index in [0.29, 0.717) is 5.69 Å². The Morgan fingerprint density at radius 3 is 2.57 bits per heavy atom. The van der Waals surface area contributed by atoms with Crippen molar-refractivity contribution < 1.29 is 18.3 Å². The number of carboxylic acid groups (broad SMARTS) is 1. The molecule has 1 aromatic carbocycles. The Kier molecular flexibility index (Phi) is 4.00. The van der Waals surface area contributed by atoms with Crippen molar-refractivity contribution in [3.05, 3.63) is 18.2 Å². The summed E-state index contributed by atoms with van der Waals surface area (Å²) >= 11 is 0.917. The van der Waals surface area contributed by atoms with E-state index in [1.54, 1.807) is 32.9 Å². The van der Waals surface area contributed by atoms with E-state index in [0.717, 1.165) is 15.7 Å². The van der Waals surface area contributed by atoms with Crippen molar-refractivity contribution >= 4 is 38.7 Å². The first-order chi connectivity index (χ1) is 9.64. The lowest BCUT2D eigenvalue weighted by Crippen LogP contribution is -2.48. The molecule has 1 heterocycles. The Morgan fingerprint density at radius 2 is 2.00 bits per heavy atom. The second kappa shape index (κ2) is 5.32. The Hall–Kier alpha value is -1.58. The van der Waals surface area contributed by atoms with E-state index in [1.165, 1.54) is 6.07 Å². The molecule has 7 nitrogen and oxygen atoms in total. The molecule has 9 heteroatoms. The van der Waals surface area contributed by atoms with Crippen LogP contribution in [0, 0.1) is 0 Å². The van der Waals surface area contributed by atoms with Gasteiger partial charge in [-0.3, -0.25) is 4.79 Å². The van der Waals surface area contributed by atoms with Crippen molar-refractivity contribution in [1.29, 1.82) is 0 Å². The maximum absolute atomic E-state index is 12.8. The lowest BCUT2D eigenvalue weighted by atomic mass is 10.1. The molecule has 0 aromatic heterocycles. The van der Waals surface area contributed by atoms with Crippen molar-refractivity contribution in [2.24, 2.45) is 8.73 Å². The van der Waals surface area contributed by atoms with E-state index < -0.39 is 28.1 Å². The van der Waals surface area contributed by atoms with Crippen LogP contribution >= 0.6 is 0 Å². The van der Waals surface area contributed by atoms with Crippen LogP contribution in [0.15, 0.2) is 31.8 Å². The maximum atomic E-state index is 12.8. The Morgan fingerprint density at radius 1 is 1.33 bits per heavy atom. The summed E-state index contributed by atoms with van der Waals surface area (Å²) in [5, 5.41) is 9.00. The fourth-order valence-corrected chi connectivity index (χ4v) is 4.41. The number of rotatable bonds is 4. The molecule has 21 heavy (non-hydrogen) atoms. The van der Waals surface area contributed by atoms with Gasteiger partial charge in [-0.2, -0.15) is 13.0 Å². The summed E-state index contributed by atoms with van der Waals surface area (Å²) in [6.45, 7) is 4.33. The van der Waals surface area contributed by atoms with Crippen LogP contribution < -0.4 is 0 Å². The second-order valence-electron chi connectivity index (χ2n) is 5.46. The van der Waals surface area contributed by atoms with Crippen molar-refractivity contribution in [2.75, 3.05) is 6.54 Å². The summed E-state index contributed by atoms with van der Waals surface area (Å²) in [4.78, 5) is 11.0. The van der Waals surface area contributed by atoms with Gasteiger partial charge in [0.2, 0.25) is 10.0 Å². The predicted molar refractivity (Wildman–Crippen MR) is 79.3 cm³/mol. The molecule has 1 N–H and O–H groups in total. The molecule has 2 rings (SSSR count). The van der Waals surface area contributed by atoms with Gasteiger partial charge in [-0.25, -0.2) is 8.42 Å². The fourth-order valence-electron chi connectivity index (χ4n) is 1.91. The lowest BCUT2D eigenvalue weighted by Gasteiger charge is -2.33. The van der Waals surface area contributed by atoms with Crippen molar-refractivity contribution in [2.45, 2.75) is 31.2 Å². The number of fused-ring (bicyclic) bond motifs is 1. The summed E-state index contributed by atoms with van der Waals surface area (Å²) in [6, 6.07) is 4.65. The number of nitrogens with zero attached hydrogens (tertiary/aromatic N) is 3. The highest BCUT2D eigenvalue weighted by Crippen LogP contribution is 2.39. The smallest absolute Gasteiger partial charge is 0.318 e. The van der Waals surface area contributed by atoms with Gasteiger partial charge in [0.1, 0.15) is 22.8 Å². The molecule has 0 fully saturated rings. The molecule has 0 amide bonds. The van der Waals surface area contributed by atoms with Gasteiger partial charge >= 0.3 is 5.97 Å². The number of aliphatic carboxylic acids is 1. The highest BCUT2D eigenvalue weighted by molar-refractivity contribution is 7.89. The highest BCUT2D eigenvalue weighted by atomic mass is 32.2. The molecule has 0 radical (unpaired) electrons. The summed E-state index contributed by atoms with van der Waals surface area (Å²) in [5.74, 6) is -1.21. The van der Waals surface area contributed by atoms with Crippen LogP contribution in [0.2, 0.25) is 0 Å². The predicted octanol–water partition coefficient (Wildman–Crippen LogP) is 2.29. The number of carboxylic acids is 1. The number of hydrogen-bond acceptors (Lipinski definition) is 5. The van der Waals surface area contributed by atoms with E-state index in [2.05, 4.69) is 8.73 Å². The van der Waals surface area contributed by atoms with Crippen molar-refractivity contribution in [3.63, 3.8) is 0 Å². The standard InChI is InChI=1S/C12H15N3O4S2/c1-12(2,3)15(7-10(16)17)21(18,19)9-6-4-5-8-11(9)14-20-13-8/h4-6H,7H2,1-3H3,(H,16,17). The molecule has 1 aliphatic rings. The van der Waals surface area contributed by atoms with Crippen LogP contribution in [0.3, 0.4) is 0 Å². The first-order valence-electron chi connectivity index (χ1n) is 6.10. The molecule has 114 valence electrons. The third-order valence-corrected chi connectivity index (χ3v) is 5.53. The zero-order valence-electron chi connectivity index (χ0n) is 11.8. The molecule has 0 spiro atoms. The van der Waals surface area contributed by atoms with Crippen molar-refractivity contribution in [1.82, 2.24) is 4.31 Å².